The summed E-state index contributed by atoms with van der Waals surface area (Å²) in [5, 5.41) is 15.4. The van der Waals surface area contributed by atoms with Gasteiger partial charge in [0.1, 0.15) is 11.9 Å². The van der Waals surface area contributed by atoms with Crippen LogP contribution in [0.3, 0.4) is 0 Å². The molecule has 3 heterocycles. The summed E-state index contributed by atoms with van der Waals surface area (Å²) in [6.45, 7) is 5.04. The van der Waals surface area contributed by atoms with Crippen LogP contribution in [0.2, 0.25) is 0 Å². The SMILES string of the molecule is Cc1cc(=O)n(C)c(C)c1C(=O)NC(CCOCCCCc1ccc2c(n1)NCCC2)C(=O)O. The zero-order valence-electron chi connectivity index (χ0n) is 20.1. The summed E-state index contributed by atoms with van der Waals surface area (Å²) in [5.74, 6) is -0.626. The van der Waals surface area contributed by atoms with Crippen molar-refractivity contribution >= 4 is 17.7 Å². The molecular weight excluding hydrogens is 436 g/mol. The van der Waals surface area contributed by atoms with Crippen molar-refractivity contribution in [2.45, 2.75) is 58.4 Å². The molecule has 0 fully saturated rings. The van der Waals surface area contributed by atoms with E-state index in [-0.39, 0.29) is 18.6 Å². The van der Waals surface area contributed by atoms with Gasteiger partial charge < -0.3 is 25.0 Å². The third-order valence-corrected chi connectivity index (χ3v) is 6.23. The lowest BCUT2D eigenvalue weighted by Crippen LogP contribution is -2.42. The number of carbonyl (C=O) groups excluding carboxylic acids is 1. The molecule has 0 bridgehead atoms. The van der Waals surface area contributed by atoms with E-state index < -0.39 is 17.9 Å². The Bertz CT molecular complexity index is 1100. The zero-order chi connectivity index (χ0) is 24.7. The number of nitrogens with one attached hydrogen (secondary N) is 2. The molecule has 3 rings (SSSR count). The van der Waals surface area contributed by atoms with Gasteiger partial charge in [-0.05, 0) is 63.1 Å². The lowest BCUT2D eigenvalue weighted by molar-refractivity contribution is -0.139. The van der Waals surface area contributed by atoms with Crippen LogP contribution in [-0.4, -0.2) is 52.3 Å². The number of nitrogens with zero attached hydrogens (tertiary/aromatic N) is 2. The topological polar surface area (TPSA) is 123 Å². The summed E-state index contributed by atoms with van der Waals surface area (Å²) >= 11 is 0. The van der Waals surface area contributed by atoms with E-state index in [1.54, 1.807) is 20.9 Å². The van der Waals surface area contributed by atoms with Crippen LogP contribution in [-0.2, 0) is 29.4 Å². The standard InChI is InChI=1S/C25H34N4O5/c1-16-15-21(30)29(3)17(2)22(16)24(31)28-20(25(32)33)11-14-34-13-5-4-8-19-10-9-18-7-6-12-26-23(18)27-19/h9-10,15,20H,4-8,11-14H2,1-3H3,(H,26,27)(H,28,31)(H,32,33). The minimum absolute atomic E-state index is 0.156. The fraction of sp³-hybridized carbons (Fsp3) is 0.520. The summed E-state index contributed by atoms with van der Waals surface area (Å²) in [7, 11) is 1.58. The van der Waals surface area contributed by atoms with Gasteiger partial charge in [-0.25, -0.2) is 9.78 Å². The normalized spacial score (nSPS) is 13.6. The number of fused-ring (bicyclic) bond motifs is 1. The molecule has 9 heteroatoms. The van der Waals surface area contributed by atoms with Gasteiger partial charge in [0, 0.05) is 50.7 Å². The lowest BCUT2D eigenvalue weighted by atomic mass is 10.1. The van der Waals surface area contributed by atoms with Gasteiger partial charge in [-0.1, -0.05) is 6.07 Å². The minimum atomic E-state index is -1.12. The number of carboxylic acids is 1. The number of hydrogen-bond acceptors (Lipinski definition) is 6. The number of carbonyl (C=O) groups is 2. The smallest absolute Gasteiger partial charge is 0.326 e. The predicted molar refractivity (Wildman–Crippen MR) is 129 cm³/mol. The van der Waals surface area contributed by atoms with Crippen molar-refractivity contribution in [1.82, 2.24) is 14.9 Å². The Labute approximate surface area is 199 Å². The molecule has 0 spiro atoms. The van der Waals surface area contributed by atoms with Crippen molar-refractivity contribution in [1.29, 1.82) is 0 Å². The van der Waals surface area contributed by atoms with Gasteiger partial charge in [-0.2, -0.15) is 0 Å². The maximum Gasteiger partial charge on any atom is 0.326 e. The number of aryl methyl sites for hydroxylation is 3. The number of pyridine rings is 2. The fourth-order valence-electron chi connectivity index (χ4n) is 4.13. The molecule has 0 saturated carbocycles. The zero-order valence-corrected chi connectivity index (χ0v) is 20.1. The summed E-state index contributed by atoms with van der Waals surface area (Å²) < 4.78 is 6.99. The number of rotatable bonds is 11. The van der Waals surface area contributed by atoms with Crippen molar-refractivity contribution in [3.63, 3.8) is 0 Å². The maximum absolute atomic E-state index is 12.7. The molecule has 2 aromatic rings. The number of aliphatic carboxylic acids is 1. The average Bonchev–Trinajstić information content (AvgIpc) is 2.81. The van der Waals surface area contributed by atoms with E-state index in [1.807, 2.05) is 0 Å². The summed E-state index contributed by atoms with van der Waals surface area (Å²) in [4.78, 5) is 40.9. The maximum atomic E-state index is 12.7. The Morgan fingerprint density at radius 1 is 1.26 bits per heavy atom. The van der Waals surface area contributed by atoms with E-state index in [0.29, 0.717) is 23.4 Å². The number of ether oxygens (including phenoxy) is 1. The van der Waals surface area contributed by atoms with E-state index in [1.165, 1.54) is 16.2 Å². The molecule has 2 aromatic heterocycles. The lowest BCUT2D eigenvalue weighted by Gasteiger charge is -2.18. The number of aromatic nitrogens is 2. The summed E-state index contributed by atoms with van der Waals surface area (Å²) in [6.07, 6.45) is 5.01. The molecule has 34 heavy (non-hydrogen) atoms. The summed E-state index contributed by atoms with van der Waals surface area (Å²) in [5.41, 5.74) is 3.45. The molecule has 1 amide bonds. The monoisotopic (exact) mass is 470 g/mol. The Morgan fingerprint density at radius 3 is 2.82 bits per heavy atom. The molecule has 1 aliphatic rings. The molecule has 3 N–H and O–H groups in total. The third-order valence-electron chi connectivity index (χ3n) is 6.23. The third kappa shape index (κ3) is 6.44. The fourth-order valence-corrected chi connectivity index (χ4v) is 4.13. The predicted octanol–water partition coefficient (Wildman–Crippen LogP) is 2.37. The molecule has 0 radical (unpaired) electrons. The van der Waals surface area contributed by atoms with Crippen LogP contribution in [0.15, 0.2) is 23.0 Å². The van der Waals surface area contributed by atoms with Crippen LogP contribution < -0.4 is 16.2 Å². The van der Waals surface area contributed by atoms with Gasteiger partial charge in [0.05, 0.1) is 5.56 Å². The molecule has 0 aromatic carbocycles. The molecule has 1 aliphatic heterocycles. The molecule has 1 unspecified atom stereocenters. The van der Waals surface area contributed by atoms with Crippen LogP contribution in [0.25, 0.3) is 0 Å². The first-order valence-electron chi connectivity index (χ1n) is 11.8. The molecule has 1 atom stereocenters. The van der Waals surface area contributed by atoms with Gasteiger partial charge in [0.25, 0.3) is 11.5 Å². The van der Waals surface area contributed by atoms with Crippen molar-refractivity contribution in [2.24, 2.45) is 7.05 Å². The highest BCUT2D eigenvalue weighted by Gasteiger charge is 2.23. The van der Waals surface area contributed by atoms with Crippen molar-refractivity contribution in [3.05, 3.63) is 56.6 Å². The van der Waals surface area contributed by atoms with Crippen LogP contribution in [0.5, 0.6) is 0 Å². The average molecular weight is 471 g/mol. The van der Waals surface area contributed by atoms with Gasteiger partial charge in [0.15, 0.2) is 0 Å². The Morgan fingerprint density at radius 2 is 2.06 bits per heavy atom. The van der Waals surface area contributed by atoms with Gasteiger partial charge in [-0.3, -0.25) is 9.59 Å². The van der Waals surface area contributed by atoms with E-state index in [4.69, 9.17) is 4.74 Å². The first-order chi connectivity index (χ1) is 16.3. The number of amides is 1. The second-order valence-electron chi connectivity index (χ2n) is 8.75. The van der Waals surface area contributed by atoms with E-state index in [2.05, 4.69) is 27.8 Å². The van der Waals surface area contributed by atoms with Gasteiger partial charge in [-0.15, -0.1) is 0 Å². The molecule has 184 valence electrons. The number of unbranched alkanes of at least 4 members (excludes halogenated alkanes) is 1. The highest BCUT2D eigenvalue weighted by Crippen LogP contribution is 2.20. The molecule has 9 nitrogen and oxygen atoms in total. The quantitative estimate of drug-likeness (QED) is 0.431. The van der Waals surface area contributed by atoms with E-state index in [0.717, 1.165) is 50.2 Å². The Balaban J connectivity index is 1.41. The molecule has 0 aliphatic carbocycles. The van der Waals surface area contributed by atoms with Crippen LogP contribution in [0, 0.1) is 13.8 Å². The number of carboxylic acid groups (broad SMARTS) is 1. The van der Waals surface area contributed by atoms with Crippen molar-refractivity contribution < 1.29 is 19.4 Å². The highest BCUT2D eigenvalue weighted by atomic mass is 16.5. The Hall–Kier alpha value is -3.20. The van der Waals surface area contributed by atoms with Crippen LogP contribution in [0.1, 0.15) is 58.6 Å². The first kappa shape index (κ1) is 25.4. The number of anilines is 1. The number of hydrogen-bond donors (Lipinski definition) is 3. The first-order valence-corrected chi connectivity index (χ1v) is 11.8. The van der Waals surface area contributed by atoms with Crippen LogP contribution in [0.4, 0.5) is 5.82 Å². The largest absolute Gasteiger partial charge is 0.480 e. The highest BCUT2D eigenvalue weighted by molar-refractivity contribution is 5.98. The Kier molecular flexibility index (Phi) is 8.81. The van der Waals surface area contributed by atoms with E-state index in [9.17, 15) is 19.5 Å². The second kappa shape index (κ2) is 11.8. The van der Waals surface area contributed by atoms with Crippen molar-refractivity contribution in [2.75, 3.05) is 25.1 Å². The second-order valence-corrected chi connectivity index (χ2v) is 8.75. The van der Waals surface area contributed by atoms with Gasteiger partial charge in [0.2, 0.25) is 0 Å². The molecular formula is C25H34N4O5. The summed E-state index contributed by atoms with van der Waals surface area (Å²) in [6, 6.07) is 4.53. The van der Waals surface area contributed by atoms with E-state index >= 15 is 0 Å². The van der Waals surface area contributed by atoms with Crippen LogP contribution >= 0.6 is 0 Å². The van der Waals surface area contributed by atoms with Gasteiger partial charge >= 0.3 is 5.97 Å². The molecule has 0 saturated heterocycles. The van der Waals surface area contributed by atoms with Crippen molar-refractivity contribution in [3.8, 4) is 0 Å². The minimum Gasteiger partial charge on any atom is -0.480 e.